The molecule has 2 rings (SSSR count). The van der Waals surface area contributed by atoms with E-state index in [4.69, 9.17) is 11.6 Å². The van der Waals surface area contributed by atoms with Gasteiger partial charge in [-0.25, -0.2) is 0 Å². The van der Waals surface area contributed by atoms with Crippen LogP contribution in [0.5, 0.6) is 0 Å². The molecule has 1 atom stereocenters. The van der Waals surface area contributed by atoms with Crippen molar-refractivity contribution in [2.75, 3.05) is 11.9 Å². The minimum Gasteiger partial charge on any atom is -0.384 e. The van der Waals surface area contributed by atoms with E-state index in [2.05, 4.69) is 43.8 Å². The van der Waals surface area contributed by atoms with Crippen molar-refractivity contribution in [3.8, 4) is 0 Å². The van der Waals surface area contributed by atoms with Crippen LogP contribution in [-0.4, -0.2) is 6.54 Å². The van der Waals surface area contributed by atoms with Crippen molar-refractivity contribution in [3.05, 3.63) is 27.2 Å². The SMILES string of the molecule is Clc1ccc(Br)c2c1NCCC2I. The monoisotopic (exact) mass is 371 g/mol. The molecule has 13 heavy (non-hydrogen) atoms. The predicted octanol–water partition coefficient (Wildman–Crippen LogP) is 4.39. The van der Waals surface area contributed by atoms with Gasteiger partial charge in [0.25, 0.3) is 0 Å². The van der Waals surface area contributed by atoms with E-state index in [1.165, 1.54) is 5.56 Å². The van der Waals surface area contributed by atoms with Crippen LogP contribution in [0.4, 0.5) is 5.69 Å². The summed E-state index contributed by atoms with van der Waals surface area (Å²) >= 11 is 12.1. The molecule has 1 nitrogen and oxygen atoms in total. The third kappa shape index (κ3) is 1.83. The number of rotatable bonds is 0. The van der Waals surface area contributed by atoms with E-state index < -0.39 is 0 Å². The van der Waals surface area contributed by atoms with Gasteiger partial charge in [-0.15, -0.1) is 0 Å². The molecule has 0 aromatic heterocycles. The van der Waals surface area contributed by atoms with Crippen molar-refractivity contribution in [2.24, 2.45) is 0 Å². The summed E-state index contributed by atoms with van der Waals surface area (Å²) in [7, 11) is 0. The number of nitrogens with one attached hydrogen (secondary N) is 1. The van der Waals surface area contributed by atoms with E-state index in [1.54, 1.807) is 0 Å². The first kappa shape index (κ1) is 10.1. The zero-order valence-corrected chi connectivity index (χ0v) is 11.3. The van der Waals surface area contributed by atoms with Gasteiger partial charge in [-0.1, -0.05) is 50.1 Å². The van der Waals surface area contributed by atoms with Crippen molar-refractivity contribution < 1.29 is 0 Å². The molecule has 1 aromatic carbocycles. The smallest absolute Gasteiger partial charge is 0.0641 e. The molecular formula is C9H8BrClIN. The van der Waals surface area contributed by atoms with Gasteiger partial charge in [0.2, 0.25) is 0 Å². The van der Waals surface area contributed by atoms with Crippen molar-refractivity contribution in [1.29, 1.82) is 0 Å². The highest BCUT2D eigenvalue weighted by Gasteiger charge is 2.21. The standard InChI is InChI=1S/C9H8BrClIN/c10-5-1-2-6(11)9-8(5)7(12)3-4-13-9/h1-2,7,13H,3-4H2. The van der Waals surface area contributed by atoms with E-state index in [0.29, 0.717) is 3.92 Å². The fraction of sp³-hybridized carbons (Fsp3) is 0.333. The van der Waals surface area contributed by atoms with Crippen molar-refractivity contribution in [2.45, 2.75) is 10.3 Å². The number of fused-ring (bicyclic) bond motifs is 1. The van der Waals surface area contributed by atoms with Crippen LogP contribution in [0.15, 0.2) is 16.6 Å². The molecular weight excluding hydrogens is 364 g/mol. The molecule has 1 N–H and O–H groups in total. The number of halogens is 3. The van der Waals surface area contributed by atoms with Crippen LogP contribution in [0.3, 0.4) is 0 Å². The Labute approximate surface area is 105 Å². The summed E-state index contributed by atoms with van der Waals surface area (Å²) in [5.41, 5.74) is 2.40. The maximum absolute atomic E-state index is 6.09. The number of hydrogen-bond donors (Lipinski definition) is 1. The van der Waals surface area contributed by atoms with Crippen LogP contribution in [0, 0.1) is 0 Å². The molecule has 1 unspecified atom stereocenters. The Bertz CT molecular complexity index is 343. The largest absolute Gasteiger partial charge is 0.384 e. The quantitative estimate of drug-likeness (QED) is 0.526. The van der Waals surface area contributed by atoms with Gasteiger partial charge in [0.15, 0.2) is 0 Å². The summed E-state index contributed by atoms with van der Waals surface area (Å²) in [4.78, 5) is 0. The van der Waals surface area contributed by atoms with Gasteiger partial charge in [0.05, 0.1) is 10.7 Å². The Morgan fingerprint density at radius 3 is 3.00 bits per heavy atom. The lowest BCUT2D eigenvalue weighted by atomic mass is 10.0. The first-order chi connectivity index (χ1) is 6.20. The second-order valence-electron chi connectivity index (χ2n) is 3.00. The summed E-state index contributed by atoms with van der Waals surface area (Å²) in [6.45, 7) is 1.01. The molecule has 4 heteroatoms. The molecule has 0 spiro atoms. The average molecular weight is 372 g/mol. The first-order valence-electron chi connectivity index (χ1n) is 4.06. The third-order valence-corrected chi connectivity index (χ3v) is 4.41. The van der Waals surface area contributed by atoms with E-state index in [9.17, 15) is 0 Å². The zero-order chi connectivity index (χ0) is 9.42. The second-order valence-corrected chi connectivity index (χ2v) is 5.77. The molecule has 0 saturated heterocycles. The maximum Gasteiger partial charge on any atom is 0.0641 e. The molecule has 1 aliphatic heterocycles. The average Bonchev–Trinajstić information content (AvgIpc) is 2.12. The molecule has 0 amide bonds. The topological polar surface area (TPSA) is 12.0 Å². The van der Waals surface area contributed by atoms with Crippen LogP contribution in [0.25, 0.3) is 0 Å². The van der Waals surface area contributed by atoms with Gasteiger partial charge in [0.1, 0.15) is 0 Å². The Morgan fingerprint density at radius 1 is 1.54 bits per heavy atom. The van der Waals surface area contributed by atoms with Gasteiger partial charge in [0, 0.05) is 20.5 Å². The molecule has 0 saturated carbocycles. The molecule has 70 valence electrons. The van der Waals surface area contributed by atoms with Crippen LogP contribution in [0.2, 0.25) is 5.02 Å². The molecule has 0 radical (unpaired) electrons. The number of anilines is 1. The lowest BCUT2D eigenvalue weighted by Gasteiger charge is -2.24. The number of benzene rings is 1. The minimum absolute atomic E-state index is 0.557. The predicted molar refractivity (Wildman–Crippen MR) is 69.0 cm³/mol. The highest BCUT2D eigenvalue weighted by atomic mass is 127. The van der Waals surface area contributed by atoms with Gasteiger partial charge in [-0.05, 0) is 18.6 Å². The fourth-order valence-corrected chi connectivity index (χ4v) is 3.75. The van der Waals surface area contributed by atoms with Crippen molar-refractivity contribution >= 4 is 55.8 Å². The normalized spacial score (nSPS) is 20.7. The molecule has 0 aliphatic carbocycles. The van der Waals surface area contributed by atoms with Crippen LogP contribution >= 0.6 is 50.1 Å². The molecule has 0 bridgehead atoms. The summed E-state index contributed by atoms with van der Waals surface area (Å²) in [5, 5.41) is 4.15. The Morgan fingerprint density at radius 2 is 2.31 bits per heavy atom. The van der Waals surface area contributed by atoms with Crippen LogP contribution in [-0.2, 0) is 0 Å². The lowest BCUT2D eigenvalue weighted by Crippen LogP contribution is -2.14. The molecule has 0 fully saturated rings. The van der Waals surface area contributed by atoms with E-state index >= 15 is 0 Å². The summed E-state index contributed by atoms with van der Waals surface area (Å²) in [6.07, 6.45) is 1.16. The Hall–Kier alpha value is 0.520. The van der Waals surface area contributed by atoms with Gasteiger partial charge in [-0.3, -0.25) is 0 Å². The van der Waals surface area contributed by atoms with Crippen LogP contribution in [0.1, 0.15) is 15.9 Å². The first-order valence-corrected chi connectivity index (χ1v) is 6.47. The number of alkyl halides is 1. The van der Waals surface area contributed by atoms with E-state index in [0.717, 1.165) is 28.1 Å². The summed E-state index contributed by atoms with van der Waals surface area (Å²) < 4.78 is 1.71. The Kier molecular flexibility index (Phi) is 3.05. The summed E-state index contributed by atoms with van der Waals surface area (Å²) in [6, 6.07) is 3.94. The zero-order valence-electron chi connectivity index (χ0n) is 6.78. The fourth-order valence-electron chi connectivity index (χ4n) is 1.52. The Balaban J connectivity index is 2.60. The van der Waals surface area contributed by atoms with Gasteiger partial charge >= 0.3 is 0 Å². The molecule has 1 heterocycles. The van der Waals surface area contributed by atoms with Gasteiger partial charge < -0.3 is 5.32 Å². The van der Waals surface area contributed by atoms with Crippen molar-refractivity contribution in [3.63, 3.8) is 0 Å². The maximum atomic E-state index is 6.09. The van der Waals surface area contributed by atoms with E-state index in [1.807, 2.05) is 12.1 Å². The lowest BCUT2D eigenvalue weighted by molar-refractivity contribution is 0.831. The second kappa shape index (κ2) is 3.95. The minimum atomic E-state index is 0.557. The van der Waals surface area contributed by atoms with Gasteiger partial charge in [-0.2, -0.15) is 0 Å². The van der Waals surface area contributed by atoms with Crippen molar-refractivity contribution in [1.82, 2.24) is 0 Å². The highest BCUT2D eigenvalue weighted by molar-refractivity contribution is 14.1. The number of hydrogen-bond acceptors (Lipinski definition) is 1. The highest BCUT2D eigenvalue weighted by Crippen LogP contribution is 2.43. The van der Waals surface area contributed by atoms with E-state index in [-0.39, 0.29) is 0 Å². The van der Waals surface area contributed by atoms with Crippen LogP contribution < -0.4 is 5.32 Å². The molecule has 1 aliphatic rings. The molecule has 1 aromatic rings. The third-order valence-electron chi connectivity index (χ3n) is 2.15. The summed E-state index contributed by atoms with van der Waals surface area (Å²) in [5.74, 6) is 0.